The van der Waals surface area contributed by atoms with E-state index in [0.29, 0.717) is 6.42 Å². The minimum Gasteiger partial charge on any atom is -0.389 e. The van der Waals surface area contributed by atoms with Crippen LogP contribution in [0.2, 0.25) is 0 Å². The summed E-state index contributed by atoms with van der Waals surface area (Å²) in [5.74, 6) is -0.123. The molecular formula is C14H20FNO. The summed E-state index contributed by atoms with van der Waals surface area (Å²) < 4.78 is 12.9. The third kappa shape index (κ3) is 2.85. The molecule has 1 unspecified atom stereocenters. The highest BCUT2D eigenvalue weighted by Crippen LogP contribution is 2.35. The standard InChI is InChI=1S/C14H20FNO/c1-2-9-16-10-7-14(17,8-11-16)12-3-5-13(15)6-4-12/h2-3,5-6,12,17H,1,4,7-11H2. The van der Waals surface area contributed by atoms with E-state index in [0.717, 1.165) is 32.5 Å². The number of hydrogen-bond acceptors (Lipinski definition) is 2. The number of rotatable bonds is 3. The first kappa shape index (κ1) is 12.5. The summed E-state index contributed by atoms with van der Waals surface area (Å²) in [7, 11) is 0. The molecule has 0 aromatic carbocycles. The van der Waals surface area contributed by atoms with E-state index in [-0.39, 0.29) is 11.7 Å². The molecule has 1 fully saturated rings. The smallest absolute Gasteiger partial charge is 0.118 e. The predicted molar refractivity (Wildman–Crippen MR) is 67.3 cm³/mol. The van der Waals surface area contributed by atoms with Crippen molar-refractivity contribution in [3.05, 3.63) is 36.7 Å². The lowest BCUT2D eigenvalue weighted by Gasteiger charge is -2.42. The topological polar surface area (TPSA) is 23.5 Å². The maximum Gasteiger partial charge on any atom is 0.118 e. The molecule has 1 atom stereocenters. The molecule has 3 heteroatoms. The van der Waals surface area contributed by atoms with E-state index in [4.69, 9.17) is 0 Å². The number of hydrogen-bond donors (Lipinski definition) is 1. The quantitative estimate of drug-likeness (QED) is 0.762. The van der Waals surface area contributed by atoms with Gasteiger partial charge in [0.2, 0.25) is 0 Å². The van der Waals surface area contributed by atoms with Gasteiger partial charge in [-0.3, -0.25) is 4.90 Å². The van der Waals surface area contributed by atoms with Crippen LogP contribution in [0.4, 0.5) is 4.39 Å². The first-order valence-electron chi connectivity index (χ1n) is 6.23. The molecule has 1 N–H and O–H groups in total. The Morgan fingerprint density at radius 1 is 1.53 bits per heavy atom. The summed E-state index contributed by atoms with van der Waals surface area (Å²) in [6, 6.07) is 0. The van der Waals surface area contributed by atoms with Gasteiger partial charge in [0.05, 0.1) is 5.60 Å². The second kappa shape index (κ2) is 5.15. The summed E-state index contributed by atoms with van der Waals surface area (Å²) in [4.78, 5) is 2.28. The van der Waals surface area contributed by atoms with Gasteiger partial charge in [-0.05, 0) is 31.4 Å². The molecule has 2 rings (SSSR count). The summed E-state index contributed by atoms with van der Waals surface area (Å²) in [6.45, 7) is 6.38. The highest BCUT2D eigenvalue weighted by Gasteiger charge is 2.38. The molecule has 2 aliphatic rings. The second-order valence-electron chi connectivity index (χ2n) is 4.98. The fraction of sp³-hybridized carbons (Fsp3) is 0.571. The largest absolute Gasteiger partial charge is 0.389 e. The van der Waals surface area contributed by atoms with E-state index in [1.165, 1.54) is 6.08 Å². The lowest BCUT2D eigenvalue weighted by atomic mass is 9.76. The number of allylic oxidation sites excluding steroid dienone is 3. The minimum atomic E-state index is -0.661. The molecule has 0 spiro atoms. The fourth-order valence-electron chi connectivity index (χ4n) is 2.67. The lowest BCUT2D eigenvalue weighted by Crippen LogP contribution is -2.48. The number of likely N-dealkylation sites (tertiary alicyclic amines) is 1. The van der Waals surface area contributed by atoms with Gasteiger partial charge in [-0.15, -0.1) is 6.58 Å². The van der Waals surface area contributed by atoms with Crippen molar-refractivity contribution >= 4 is 0 Å². The normalized spacial score (nSPS) is 28.8. The zero-order chi connectivity index (χ0) is 12.3. The Labute approximate surface area is 102 Å². The van der Waals surface area contributed by atoms with Crippen molar-refractivity contribution in [2.45, 2.75) is 24.9 Å². The minimum absolute atomic E-state index is 0.0629. The molecule has 1 heterocycles. The number of halogens is 1. The van der Waals surface area contributed by atoms with Gasteiger partial charge in [-0.2, -0.15) is 0 Å². The Bertz CT molecular complexity index is 340. The van der Waals surface area contributed by atoms with Gasteiger partial charge in [0.1, 0.15) is 5.83 Å². The van der Waals surface area contributed by atoms with Gasteiger partial charge in [-0.1, -0.05) is 12.2 Å². The van der Waals surface area contributed by atoms with Crippen LogP contribution >= 0.6 is 0 Å². The zero-order valence-electron chi connectivity index (χ0n) is 10.1. The molecule has 1 aliphatic carbocycles. The zero-order valence-corrected chi connectivity index (χ0v) is 10.1. The van der Waals surface area contributed by atoms with Crippen LogP contribution in [0.5, 0.6) is 0 Å². The summed E-state index contributed by atoms with van der Waals surface area (Å²) >= 11 is 0. The van der Waals surface area contributed by atoms with E-state index < -0.39 is 5.60 Å². The number of nitrogens with zero attached hydrogens (tertiary/aromatic N) is 1. The number of aliphatic hydroxyl groups is 1. The maximum absolute atomic E-state index is 12.9. The maximum atomic E-state index is 12.9. The molecule has 0 radical (unpaired) electrons. The highest BCUT2D eigenvalue weighted by molar-refractivity contribution is 5.20. The van der Waals surface area contributed by atoms with Crippen molar-refractivity contribution in [2.75, 3.05) is 19.6 Å². The molecule has 0 saturated carbocycles. The third-order valence-corrected chi connectivity index (χ3v) is 3.85. The Hall–Kier alpha value is -0.930. The van der Waals surface area contributed by atoms with Gasteiger partial charge in [-0.25, -0.2) is 4.39 Å². The monoisotopic (exact) mass is 237 g/mol. The van der Waals surface area contributed by atoms with Crippen LogP contribution in [0, 0.1) is 5.92 Å². The molecular weight excluding hydrogens is 217 g/mol. The van der Waals surface area contributed by atoms with Crippen molar-refractivity contribution < 1.29 is 9.50 Å². The average molecular weight is 237 g/mol. The SMILES string of the molecule is C=CCN1CCC(O)(C2C=CC(F)=CC2)CC1. The molecule has 2 nitrogen and oxygen atoms in total. The van der Waals surface area contributed by atoms with Crippen molar-refractivity contribution in [1.82, 2.24) is 4.90 Å². The van der Waals surface area contributed by atoms with Crippen molar-refractivity contribution in [2.24, 2.45) is 5.92 Å². The van der Waals surface area contributed by atoms with Crippen LogP contribution in [0.15, 0.2) is 36.7 Å². The van der Waals surface area contributed by atoms with Crippen molar-refractivity contribution in [3.63, 3.8) is 0 Å². The average Bonchev–Trinajstić information content (AvgIpc) is 2.33. The lowest BCUT2D eigenvalue weighted by molar-refractivity contribution is -0.0507. The van der Waals surface area contributed by atoms with Crippen LogP contribution < -0.4 is 0 Å². The van der Waals surface area contributed by atoms with Crippen molar-refractivity contribution in [3.8, 4) is 0 Å². The Morgan fingerprint density at radius 2 is 2.24 bits per heavy atom. The van der Waals surface area contributed by atoms with Gasteiger partial charge in [0.15, 0.2) is 0 Å². The number of piperidine rings is 1. The Morgan fingerprint density at radius 3 is 2.76 bits per heavy atom. The molecule has 0 bridgehead atoms. The predicted octanol–water partition coefficient (Wildman–Crippen LogP) is 2.43. The Kier molecular flexibility index (Phi) is 3.79. The first-order valence-corrected chi connectivity index (χ1v) is 6.23. The third-order valence-electron chi connectivity index (χ3n) is 3.85. The van der Waals surface area contributed by atoms with Gasteiger partial charge >= 0.3 is 0 Å². The van der Waals surface area contributed by atoms with Crippen LogP contribution in [0.25, 0.3) is 0 Å². The molecule has 0 aromatic heterocycles. The summed E-state index contributed by atoms with van der Waals surface area (Å²) in [5.41, 5.74) is -0.661. The fourth-order valence-corrected chi connectivity index (χ4v) is 2.67. The van der Waals surface area contributed by atoms with E-state index in [1.807, 2.05) is 12.2 Å². The second-order valence-corrected chi connectivity index (χ2v) is 4.98. The van der Waals surface area contributed by atoms with E-state index in [1.54, 1.807) is 6.08 Å². The molecule has 94 valence electrons. The van der Waals surface area contributed by atoms with Crippen LogP contribution in [-0.2, 0) is 0 Å². The van der Waals surface area contributed by atoms with E-state index >= 15 is 0 Å². The van der Waals surface area contributed by atoms with Crippen LogP contribution in [-0.4, -0.2) is 35.2 Å². The van der Waals surface area contributed by atoms with Crippen molar-refractivity contribution in [1.29, 1.82) is 0 Å². The van der Waals surface area contributed by atoms with Gasteiger partial charge < -0.3 is 5.11 Å². The van der Waals surface area contributed by atoms with Gasteiger partial charge in [0.25, 0.3) is 0 Å². The molecule has 1 aliphatic heterocycles. The molecule has 17 heavy (non-hydrogen) atoms. The van der Waals surface area contributed by atoms with Crippen LogP contribution in [0.1, 0.15) is 19.3 Å². The first-order chi connectivity index (χ1) is 8.14. The van der Waals surface area contributed by atoms with Crippen LogP contribution in [0.3, 0.4) is 0 Å². The summed E-state index contributed by atoms with van der Waals surface area (Å²) in [5, 5.41) is 10.6. The highest BCUT2D eigenvalue weighted by atomic mass is 19.1. The van der Waals surface area contributed by atoms with Gasteiger partial charge in [0, 0.05) is 25.6 Å². The molecule has 0 aromatic rings. The molecule has 1 saturated heterocycles. The van der Waals surface area contributed by atoms with E-state index in [9.17, 15) is 9.50 Å². The summed E-state index contributed by atoms with van der Waals surface area (Å²) in [6.07, 6.45) is 8.87. The van der Waals surface area contributed by atoms with E-state index in [2.05, 4.69) is 11.5 Å². The Balaban J connectivity index is 1.93. The molecule has 0 amide bonds.